The van der Waals surface area contributed by atoms with Crippen molar-refractivity contribution in [1.29, 1.82) is 10.5 Å². The number of halogens is 1. The average molecular weight is 458 g/mol. The van der Waals surface area contributed by atoms with Gasteiger partial charge in [0.1, 0.15) is 24.2 Å². The van der Waals surface area contributed by atoms with Crippen molar-refractivity contribution < 1.29 is 9.13 Å². The molecule has 0 radical (unpaired) electrons. The van der Waals surface area contributed by atoms with Gasteiger partial charge in [0.2, 0.25) is 0 Å². The van der Waals surface area contributed by atoms with Gasteiger partial charge in [0.15, 0.2) is 0 Å². The maximum absolute atomic E-state index is 15.2. The Balaban J connectivity index is 1.50. The Hall–Kier alpha value is -4.74. The summed E-state index contributed by atoms with van der Waals surface area (Å²) in [5, 5.41) is 19.0. The van der Waals surface area contributed by atoms with E-state index in [1.807, 2.05) is 66.7 Å². The average Bonchev–Trinajstić information content (AvgIpc) is 2.91. The summed E-state index contributed by atoms with van der Waals surface area (Å²) in [7, 11) is 0. The monoisotopic (exact) mass is 457 g/mol. The fraction of sp³-hybridized carbons (Fsp3) is 0.100. The van der Waals surface area contributed by atoms with E-state index >= 15 is 4.39 Å². The van der Waals surface area contributed by atoms with Crippen LogP contribution in [-0.4, -0.2) is 11.8 Å². The molecule has 4 aromatic rings. The van der Waals surface area contributed by atoms with E-state index in [0.717, 1.165) is 22.3 Å². The number of aliphatic imine (C=N–C) groups is 1. The highest BCUT2D eigenvalue weighted by atomic mass is 19.1. The van der Waals surface area contributed by atoms with Crippen molar-refractivity contribution >= 4 is 5.71 Å². The third-order valence-corrected chi connectivity index (χ3v) is 6.00. The lowest BCUT2D eigenvalue weighted by Gasteiger charge is -2.22. The zero-order valence-corrected chi connectivity index (χ0v) is 18.8. The Morgan fingerprint density at radius 2 is 1.57 bits per heavy atom. The van der Waals surface area contributed by atoms with Crippen LogP contribution >= 0.6 is 0 Å². The second kappa shape index (κ2) is 9.63. The molecule has 0 saturated heterocycles. The number of fused-ring (bicyclic) bond motifs is 3. The predicted molar refractivity (Wildman–Crippen MR) is 133 cm³/mol. The lowest BCUT2D eigenvalue weighted by Crippen LogP contribution is -2.14. The number of nitrogens with zero attached hydrogens (tertiary/aromatic N) is 3. The summed E-state index contributed by atoms with van der Waals surface area (Å²) in [5.41, 5.74) is 5.72. The fourth-order valence-corrected chi connectivity index (χ4v) is 4.27. The Labute approximate surface area is 203 Å². The Morgan fingerprint density at radius 1 is 0.886 bits per heavy atom. The lowest BCUT2D eigenvalue weighted by molar-refractivity contribution is 0.301. The van der Waals surface area contributed by atoms with Crippen LogP contribution in [0, 0.1) is 28.5 Å². The van der Waals surface area contributed by atoms with Crippen LogP contribution in [0.15, 0.2) is 96.0 Å². The first-order chi connectivity index (χ1) is 17.2. The molecule has 0 aliphatic carbocycles. The van der Waals surface area contributed by atoms with E-state index < -0.39 is 11.9 Å². The van der Waals surface area contributed by atoms with Crippen molar-refractivity contribution in [2.75, 3.05) is 0 Å². The number of nitriles is 2. The van der Waals surface area contributed by atoms with Gasteiger partial charge in [-0.25, -0.2) is 4.39 Å². The molecule has 5 rings (SSSR count). The molecule has 168 valence electrons. The van der Waals surface area contributed by atoms with Gasteiger partial charge in [-0.15, -0.1) is 0 Å². The van der Waals surface area contributed by atoms with E-state index in [0.29, 0.717) is 34.8 Å². The van der Waals surface area contributed by atoms with Crippen molar-refractivity contribution in [2.45, 2.75) is 19.1 Å². The van der Waals surface area contributed by atoms with E-state index in [9.17, 15) is 5.26 Å². The fourth-order valence-electron chi connectivity index (χ4n) is 4.27. The summed E-state index contributed by atoms with van der Waals surface area (Å²) in [6.45, 7) is 0.301. The molecule has 0 saturated carbocycles. The number of ether oxygens (including phenoxy) is 1. The van der Waals surface area contributed by atoms with Gasteiger partial charge in [-0.1, -0.05) is 66.7 Å². The molecule has 1 heterocycles. The Kier molecular flexibility index (Phi) is 6.07. The number of hydrogen-bond acceptors (Lipinski definition) is 4. The first-order valence-electron chi connectivity index (χ1n) is 11.2. The molecule has 0 bridgehead atoms. The summed E-state index contributed by atoms with van der Waals surface area (Å²) in [4.78, 5) is 4.76. The molecule has 0 fully saturated rings. The molecule has 5 heteroatoms. The van der Waals surface area contributed by atoms with E-state index in [1.165, 1.54) is 6.07 Å². The highest BCUT2D eigenvalue weighted by molar-refractivity contribution is 6.13. The van der Waals surface area contributed by atoms with Crippen LogP contribution in [0.1, 0.15) is 27.8 Å². The van der Waals surface area contributed by atoms with Crippen molar-refractivity contribution in [3.63, 3.8) is 0 Å². The molecule has 0 N–H and O–H groups in total. The van der Waals surface area contributed by atoms with Gasteiger partial charge in [0, 0.05) is 23.1 Å². The predicted octanol–water partition coefficient (Wildman–Crippen LogP) is 6.23. The van der Waals surface area contributed by atoms with Gasteiger partial charge >= 0.3 is 0 Å². The number of rotatable bonds is 5. The maximum atomic E-state index is 15.2. The zero-order valence-electron chi connectivity index (χ0n) is 18.8. The molecule has 0 spiro atoms. The second-order valence-electron chi connectivity index (χ2n) is 8.27. The van der Waals surface area contributed by atoms with Gasteiger partial charge in [-0.3, -0.25) is 4.99 Å². The summed E-state index contributed by atoms with van der Waals surface area (Å²) in [6, 6.07) is 31.3. The summed E-state index contributed by atoms with van der Waals surface area (Å²) in [5.74, 6) is 0.145. The van der Waals surface area contributed by atoms with Gasteiger partial charge in [-0.2, -0.15) is 10.5 Å². The minimum Gasteiger partial charge on any atom is -0.488 e. The lowest BCUT2D eigenvalue weighted by atomic mass is 9.93. The largest absolute Gasteiger partial charge is 0.488 e. The number of benzene rings is 4. The van der Waals surface area contributed by atoms with E-state index in [1.54, 1.807) is 18.2 Å². The molecular weight excluding hydrogens is 437 g/mol. The first-order valence-corrected chi connectivity index (χ1v) is 11.2. The molecule has 1 aliphatic rings. The van der Waals surface area contributed by atoms with E-state index in [-0.39, 0.29) is 6.42 Å². The van der Waals surface area contributed by atoms with Crippen molar-refractivity contribution in [3.8, 4) is 29.0 Å². The third-order valence-electron chi connectivity index (χ3n) is 6.00. The highest BCUT2D eigenvalue weighted by Crippen LogP contribution is 2.39. The van der Waals surface area contributed by atoms with Crippen molar-refractivity contribution in [3.05, 3.63) is 125 Å². The van der Waals surface area contributed by atoms with Crippen LogP contribution in [0.2, 0.25) is 0 Å². The molecule has 1 unspecified atom stereocenters. The second-order valence-corrected chi connectivity index (χ2v) is 8.27. The topological polar surface area (TPSA) is 69.2 Å². The van der Waals surface area contributed by atoms with E-state index in [4.69, 9.17) is 15.0 Å². The quantitative estimate of drug-likeness (QED) is 0.334. The SMILES string of the molecule is N#Cc1ccc2c(c1)COc1cc(CC(C#N)N=C(c3ccccc3)c3ccccc3)c(F)cc1-2. The highest BCUT2D eigenvalue weighted by Gasteiger charge is 2.22. The van der Waals surface area contributed by atoms with Gasteiger partial charge < -0.3 is 4.74 Å². The van der Waals surface area contributed by atoms with Crippen molar-refractivity contribution in [1.82, 2.24) is 0 Å². The molecule has 1 aliphatic heterocycles. The summed E-state index contributed by atoms with van der Waals surface area (Å²) < 4.78 is 21.1. The Morgan fingerprint density at radius 3 is 2.20 bits per heavy atom. The minimum absolute atomic E-state index is 0.113. The molecular formula is C30H20FN3O. The van der Waals surface area contributed by atoms with Crippen molar-refractivity contribution in [2.24, 2.45) is 4.99 Å². The molecule has 4 aromatic carbocycles. The van der Waals surface area contributed by atoms with Crippen LogP contribution in [0.4, 0.5) is 4.39 Å². The normalized spacial score (nSPS) is 12.2. The molecule has 0 aromatic heterocycles. The Bertz CT molecular complexity index is 1460. The van der Waals surface area contributed by atoms with Crippen LogP contribution in [0.3, 0.4) is 0 Å². The maximum Gasteiger partial charge on any atom is 0.141 e. The number of hydrogen-bond donors (Lipinski definition) is 0. The first kappa shape index (κ1) is 22.1. The van der Waals surface area contributed by atoms with Crippen LogP contribution < -0.4 is 4.74 Å². The zero-order chi connectivity index (χ0) is 24.2. The smallest absolute Gasteiger partial charge is 0.141 e. The third kappa shape index (κ3) is 4.53. The van der Waals surface area contributed by atoms with Crippen LogP contribution in [0.5, 0.6) is 5.75 Å². The minimum atomic E-state index is -0.785. The summed E-state index contributed by atoms with van der Waals surface area (Å²) >= 11 is 0. The van der Waals surface area contributed by atoms with Gasteiger partial charge in [0.25, 0.3) is 0 Å². The molecule has 0 amide bonds. The molecule has 4 nitrogen and oxygen atoms in total. The summed E-state index contributed by atoms with van der Waals surface area (Å²) in [6.07, 6.45) is 0.113. The van der Waals surface area contributed by atoms with Gasteiger partial charge in [-0.05, 0) is 41.0 Å². The van der Waals surface area contributed by atoms with Crippen LogP contribution in [0.25, 0.3) is 11.1 Å². The van der Waals surface area contributed by atoms with E-state index in [2.05, 4.69) is 12.1 Å². The molecule has 35 heavy (non-hydrogen) atoms. The molecule has 1 atom stereocenters. The van der Waals surface area contributed by atoms with Crippen LogP contribution in [-0.2, 0) is 13.0 Å². The van der Waals surface area contributed by atoms with Gasteiger partial charge in [0.05, 0.1) is 23.4 Å². The standard InChI is InChI=1S/C30H20FN3O/c31-28-16-27-26-12-11-20(17-32)13-24(26)19-35-29(27)15-23(28)14-25(18-33)34-30(21-7-3-1-4-8-21)22-9-5-2-6-10-22/h1-13,15-16,25H,14,19H2.